The van der Waals surface area contributed by atoms with E-state index in [1.54, 1.807) is 23.2 Å². The molecule has 0 spiro atoms. The molecule has 3 atom stereocenters. The number of hydrogen-bond donors (Lipinski definition) is 2. The third kappa shape index (κ3) is 5.31. The molecule has 2 aromatic carbocycles. The minimum Gasteiger partial charge on any atom is -0.372 e. The summed E-state index contributed by atoms with van der Waals surface area (Å²) in [5, 5.41) is 18.2. The van der Waals surface area contributed by atoms with Gasteiger partial charge >= 0.3 is 0 Å². The summed E-state index contributed by atoms with van der Waals surface area (Å²) in [5.74, 6) is -0.164. The number of H-pyrrole nitrogens is 1. The molecule has 2 N–H and O–H groups in total. The van der Waals surface area contributed by atoms with E-state index in [1.165, 1.54) is 6.07 Å². The van der Waals surface area contributed by atoms with Crippen LogP contribution in [0.4, 0.5) is 14.5 Å². The van der Waals surface area contributed by atoms with Gasteiger partial charge in [0.25, 0.3) is 0 Å². The van der Waals surface area contributed by atoms with E-state index in [1.807, 2.05) is 32.0 Å². The number of aromatic amines is 1. The van der Waals surface area contributed by atoms with Crippen molar-refractivity contribution in [2.75, 3.05) is 24.5 Å². The molecule has 9 heteroatoms. The quantitative estimate of drug-likeness (QED) is 0.337. The summed E-state index contributed by atoms with van der Waals surface area (Å²) in [4.78, 5) is 11.7. The zero-order chi connectivity index (χ0) is 26.8. The Morgan fingerprint density at radius 2 is 1.97 bits per heavy atom. The van der Waals surface area contributed by atoms with Crippen LogP contribution in [0.3, 0.4) is 0 Å². The summed E-state index contributed by atoms with van der Waals surface area (Å²) >= 11 is 0. The van der Waals surface area contributed by atoms with Crippen molar-refractivity contribution in [2.24, 2.45) is 0 Å². The molecule has 2 saturated heterocycles. The Bertz CT molecular complexity index is 1400. The highest BCUT2D eigenvalue weighted by Gasteiger charge is 2.29. The van der Waals surface area contributed by atoms with Gasteiger partial charge in [0.1, 0.15) is 29.4 Å². The number of amidine groups is 1. The number of nitrogens with one attached hydrogen (secondary N) is 2. The van der Waals surface area contributed by atoms with Crippen LogP contribution >= 0.6 is 0 Å². The highest BCUT2D eigenvalue weighted by atomic mass is 19.1. The molecular formula is C29H30F2N6O. The first-order chi connectivity index (χ1) is 18.3. The number of imidazole rings is 1. The number of likely N-dealkylation sites (tertiary alicyclic amines) is 1. The molecule has 0 radical (unpaired) electrons. The molecule has 3 aromatic rings. The Kier molecular flexibility index (Phi) is 7.25. The van der Waals surface area contributed by atoms with Crippen LogP contribution in [-0.4, -0.2) is 52.5 Å². The Morgan fingerprint density at radius 3 is 2.74 bits per heavy atom. The molecular weight excluding hydrogens is 486 g/mol. The minimum atomic E-state index is -0.484. The number of aromatic nitrogens is 2. The van der Waals surface area contributed by atoms with Gasteiger partial charge in [0.15, 0.2) is 0 Å². The van der Waals surface area contributed by atoms with Crippen LogP contribution in [0.5, 0.6) is 0 Å². The summed E-state index contributed by atoms with van der Waals surface area (Å²) in [6.07, 6.45) is 6.64. The van der Waals surface area contributed by atoms with Crippen LogP contribution in [0.25, 0.3) is 17.3 Å². The van der Waals surface area contributed by atoms with Crippen LogP contribution in [0.2, 0.25) is 0 Å². The number of nitrogens with zero attached hydrogens (tertiary/aromatic N) is 4. The third-order valence-electron chi connectivity index (χ3n) is 7.06. The van der Waals surface area contributed by atoms with E-state index < -0.39 is 11.6 Å². The van der Waals surface area contributed by atoms with Crippen molar-refractivity contribution in [3.8, 4) is 17.3 Å². The van der Waals surface area contributed by atoms with Gasteiger partial charge in [0.05, 0.1) is 41.4 Å². The molecule has 5 rings (SSSR count). The molecule has 2 fully saturated rings. The maximum atomic E-state index is 14.4. The number of hydrogen-bond acceptors (Lipinski definition) is 5. The molecule has 1 aromatic heterocycles. The van der Waals surface area contributed by atoms with Crippen LogP contribution in [0.1, 0.15) is 49.7 Å². The first-order valence-corrected chi connectivity index (χ1v) is 12.8. The lowest BCUT2D eigenvalue weighted by atomic mass is 10.0. The van der Waals surface area contributed by atoms with E-state index in [0.29, 0.717) is 37.4 Å². The Balaban J connectivity index is 1.33. The van der Waals surface area contributed by atoms with Gasteiger partial charge in [-0.05, 0) is 69.2 Å². The Labute approximate surface area is 220 Å². The molecule has 0 bridgehead atoms. The van der Waals surface area contributed by atoms with E-state index in [0.717, 1.165) is 35.5 Å². The molecule has 0 aliphatic carbocycles. The number of morpholine rings is 1. The van der Waals surface area contributed by atoms with Crippen LogP contribution < -0.4 is 4.90 Å². The van der Waals surface area contributed by atoms with Gasteiger partial charge in [-0.15, -0.1) is 0 Å². The standard InChI is InChI=1S/C29H30F2N6O/c1-18-16-36(17-19(2)38-18)27-12-20(5-6-21(27)14-32)25-15-34-29(35-25)10-9-28(33)37-11-3-4-26(37)23-13-22(30)7-8-24(23)31/h5-10,12-13,15,18-19,26,33H,3-4,11,16-17H2,1-2H3,(H,34,35)/b10-9-,33-28?. The van der Waals surface area contributed by atoms with E-state index >= 15 is 0 Å². The highest BCUT2D eigenvalue weighted by Crippen LogP contribution is 2.34. The number of benzene rings is 2. The SMILES string of the molecule is CC1CN(c2cc(-c3cnc(/C=C\C(=N)N4CCCC4c4cc(F)ccc4F)[nH]3)ccc2C#N)CC(C)O1. The molecule has 38 heavy (non-hydrogen) atoms. The maximum absolute atomic E-state index is 14.4. The van der Waals surface area contributed by atoms with Gasteiger partial charge in [-0.25, -0.2) is 13.8 Å². The lowest BCUT2D eigenvalue weighted by molar-refractivity contribution is -0.00522. The van der Waals surface area contributed by atoms with E-state index in [9.17, 15) is 14.0 Å². The van der Waals surface area contributed by atoms with Crippen molar-refractivity contribution in [2.45, 2.75) is 44.9 Å². The number of nitriles is 1. The molecule has 2 aliphatic rings. The lowest BCUT2D eigenvalue weighted by Crippen LogP contribution is -2.45. The normalized spacial score (nSPS) is 21.7. The fourth-order valence-electron chi connectivity index (χ4n) is 5.40. The Morgan fingerprint density at radius 1 is 1.18 bits per heavy atom. The molecule has 3 heterocycles. The summed E-state index contributed by atoms with van der Waals surface area (Å²) in [6.45, 7) is 6.07. The van der Waals surface area contributed by atoms with Gasteiger partial charge in [0, 0.05) is 30.8 Å². The second-order valence-corrected chi connectivity index (χ2v) is 9.92. The molecule has 2 aliphatic heterocycles. The zero-order valence-corrected chi connectivity index (χ0v) is 21.4. The smallest absolute Gasteiger partial charge is 0.130 e. The first-order valence-electron chi connectivity index (χ1n) is 12.8. The topological polar surface area (TPSA) is 92.0 Å². The number of ether oxygens (including phenoxy) is 1. The fourth-order valence-corrected chi connectivity index (χ4v) is 5.40. The highest BCUT2D eigenvalue weighted by molar-refractivity contribution is 5.94. The Hall–Kier alpha value is -4.03. The average Bonchev–Trinajstić information content (AvgIpc) is 3.58. The van der Waals surface area contributed by atoms with Gasteiger partial charge < -0.3 is 19.5 Å². The number of rotatable bonds is 5. The minimum absolute atomic E-state index is 0.0702. The summed E-state index contributed by atoms with van der Waals surface area (Å²) in [7, 11) is 0. The van der Waals surface area contributed by atoms with E-state index in [-0.39, 0.29) is 29.6 Å². The number of halogens is 2. The van der Waals surface area contributed by atoms with Crippen LogP contribution in [0.15, 0.2) is 48.7 Å². The monoisotopic (exact) mass is 516 g/mol. The van der Waals surface area contributed by atoms with Crippen LogP contribution in [0, 0.1) is 28.4 Å². The average molecular weight is 517 g/mol. The van der Waals surface area contributed by atoms with Gasteiger partial charge in [-0.1, -0.05) is 6.07 Å². The van der Waals surface area contributed by atoms with Crippen molar-refractivity contribution >= 4 is 17.6 Å². The largest absolute Gasteiger partial charge is 0.372 e. The lowest BCUT2D eigenvalue weighted by Gasteiger charge is -2.37. The second-order valence-electron chi connectivity index (χ2n) is 9.92. The van der Waals surface area contributed by atoms with Crippen molar-refractivity contribution in [1.29, 1.82) is 10.7 Å². The third-order valence-corrected chi connectivity index (χ3v) is 7.06. The van der Waals surface area contributed by atoms with E-state index in [2.05, 4.69) is 20.9 Å². The van der Waals surface area contributed by atoms with Crippen molar-refractivity contribution < 1.29 is 13.5 Å². The predicted molar refractivity (Wildman–Crippen MR) is 143 cm³/mol. The summed E-state index contributed by atoms with van der Waals surface area (Å²) in [5.41, 5.74) is 3.44. The van der Waals surface area contributed by atoms with Crippen molar-refractivity contribution in [3.63, 3.8) is 0 Å². The first kappa shape index (κ1) is 25.6. The van der Waals surface area contributed by atoms with Gasteiger partial charge in [-0.2, -0.15) is 5.26 Å². The fraction of sp³-hybridized carbons (Fsp3) is 0.345. The van der Waals surface area contributed by atoms with Crippen molar-refractivity contribution in [3.05, 3.63) is 77.3 Å². The van der Waals surface area contributed by atoms with Gasteiger partial charge in [0.2, 0.25) is 0 Å². The summed E-state index contributed by atoms with van der Waals surface area (Å²) < 4.78 is 34.0. The van der Waals surface area contributed by atoms with Crippen molar-refractivity contribution in [1.82, 2.24) is 14.9 Å². The van der Waals surface area contributed by atoms with E-state index in [4.69, 9.17) is 10.1 Å². The maximum Gasteiger partial charge on any atom is 0.130 e. The molecule has 3 unspecified atom stereocenters. The second kappa shape index (κ2) is 10.8. The van der Waals surface area contributed by atoms with Crippen LogP contribution in [-0.2, 0) is 4.74 Å². The molecule has 0 saturated carbocycles. The molecule has 7 nitrogen and oxygen atoms in total. The summed E-state index contributed by atoms with van der Waals surface area (Å²) in [6, 6.07) is 11.1. The number of anilines is 1. The molecule has 196 valence electrons. The molecule has 0 amide bonds. The van der Waals surface area contributed by atoms with Gasteiger partial charge in [-0.3, -0.25) is 5.41 Å². The predicted octanol–water partition coefficient (Wildman–Crippen LogP) is 5.67. The zero-order valence-electron chi connectivity index (χ0n) is 21.4.